The molecule has 0 atom stereocenters. The van der Waals surface area contributed by atoms with Gasteiger partial charge in [-0.2, -0.15) is 13.2 Å². The fourth-order valence-corrected chi connectivity index (χ4v) is 2.43. The summed E-state index contributed by atoms with van der Waals surface area (Å²) in [7, 11) is 1.47. The minimum Gasteiger partial charge on any atom is -0.352 e. The van der Waals surface area contributed by atoms with Crippen molar-refractivity contribution in [3.05, 3.63) is 53.1 Å². The number of imidazole rings is 1. The molecule has 0 spiro atoms. The third-order valence-corrected chi connectivity index (χ3v) is 3.94. The standard InChI is InChI=1S/C17H18ClF3N4O2/c1-24(10-14-22-8-9-25(14)11-17(19,20)21)15(26)6-7-23-16(27)12-2-4-13(18)5-3-12/h2-5,8-9H,6-7,10-11H2,1H3,(H,23,27). The Morgan fingerprint density at radius 1 is 1.26 bits per heavy atom. The maximum Gasteiger partial charge on any atom is 0.406 e. The van der Waals surface area contributed by atoms with Crippen LogP contribution in [0.4, 0.5) is 13.2 Å². The van der Waals surface area contributed by atoms with Crippen molar-refractivity contribution in [1.82, 2.24) is 19.8 Å². The van der Waals surface area contributed by atoms with Crippen LogP contribution in [0.15, 0.2) is 36.7 Å². The maximum absolute atomic E-state index is 12.5. The molecule has 2 aromatic rings. The van der Waals surface area contributed by atoms with Gasteiger partial charge in [0.05, 0.1) is 6.54 Å². The number of aromatic nitrogens is 2. The van der Waals surface area contributed by atoms with E-state index < -0.39 is 12.7 Å². The number of nitrogens with one attached hydrogen (secondary N) is 1. The average Bonchev–Trinajstić information content (AvgIpc) is 3.00. The van der Waals surface area contributed by atoms with Crippen molar-refractivity contribution >= 4 is 23.4 Å². The van der Waals surface area contributed by atoms with Gasteiger partial charge in [-0.05, 0) is 24.3 Å². The van der Waals surface area contributed by atoms with E-state index in [9.17, 15) is 22.8 Å². The first-order chi connectivity index (χ1) is 12.7. The molecule has 10 heteroatoms. The van der Waals surface area contributed by atoms with E-state index >= 15 is 0 Å². The second-order valence-electron chi connectivity index (χ2n) is 5.85. The summed E-state index contributed by atoms with van der Waals surface area (Å²) >= 11 is 5.75. The topological polar surface area (TPSA) is 67.2 Å². The second-order valence-corrected chi connectivity index (χ2v) is 6.29. The van der Waals surface area contributed by atoms with Gasteiger partial charge in [0.15, 0.2) is 0 Å². The fraction of sp³-hybridized carbons (Fsp3) is 0.353. The van der Waals surface area contributed by atoms with Crippen molar-refractivity contribution in [2.75, 3.05) is 13.6 Å². The zero-order chi connectivity index (χ0) is 20.0. The molecule has 0 fully saturated rings. The number of benzene rings is 1. The highest BCUT2D eigenvalue weighted by atomic mass is 35.5. The monoisotopic (exact) mass is 402 g/mol. The van der Waals surface area contributed by atoms with Crippen molar-refractivity contribution in [2.45, 2.75) is 25.7 Å². The van der Waals surface area contributed by atoms with Gasteiger partial charge >= 0.3 is 6.18 Å². The Morgan fingerprint density at radius 3 is 2.56 bits per heavy atom. The van der Waals surface area contributed by atoms with Gasteiger partial charge in [0, 0.05) is 43.0 Å². The Hall–Kier alpha value is -2.55. The van der Waals surface area contributed by atoms with Gasteiger partial charge in [0.2, 0.25) is 5.91 Å². The molecule has 146 valence electrons. The quantitative estimate of drug-likeness (QED) is 0.774. The molecule has 1 aromatic heterocycles. The lowest BCUT2D eigenvalue weighted by atomic mass is 10.2. The lowest BCUT2D eigenvalue weighted by Gasteiger charge is -2.18. The molecule has 0 bridgehead atoms. The van der Waals surface area contributed by atoms with Gasteiger partial charge in [-0.1, -0.05) is 11.6 Å². The summed E-state index contributed by atoms with van der Waals surface area (Å²) in [6.45, 7) is -1.13. The lowest BCUT2D eigenvalue weighted by Crippen LogP contribution is -2.33. The largest absolute Gasteiger partial charge is 0.406 e. The van der Waals surface area contributed by atoms with Crippen LogP contribution in [0.3, 0.4) is 0 Å². The van der Waals surface area contributed by atoms with E-state index in [1.165, 1.54) is 24.3 Å². The molecular formula is C17H18ClF3N4O2. The minimum atomic E-state index is -4.37. The van der Waals surface area contributed by atoms with E-state index in [4.69, 9.17) is 11.6 Å². The molecule has 27 heavy (non-hydrogen) atoms. The van der Waals surface area contributed by atoms with Crippen molar-refractivity contribution in [3.8, 4) is 0 Å². The average molecular weight is 403 g/mol. The number of nitrogens with zero attached hydrogens (tertiary/aromatic N) is 3. The number of halogens is 4. The molecule has 0 unspecified atom stereocenters. The van der Waals surface area contributed by atoms with E-state index in [0.29, 0.717) is 10.6 Å². The highest BCUT2D eigenvalue weighted by Gasteiger charge is 2.29. The fourth-order valence-electron chi connectivity index (χ4n) is 2.31. The predicted octanol–water partition coefficient (Wildman–Crippen LogP) is 2.88. The Morgan fingerprint density at radius 2 is 1.93 bits per heavy atom. The molecule has 1 aromatic carbocycles. The van der Waals surface area contributed by atoms with Crippen LogP contribution in [-0.2, 0) is 17.9 Å². The molecule has 2 amide bonds. The van der Waals surface area contributed by atoms with Crippen molar-refractivity contribution in [3.63, 3.8) is 0 Å². The minimum absolute atomic E-state index is 0.00973. The number of rotatable bonds is 7. The summed E-state index contributed by atoms with van der Waals surface area (Å²) in [4.78, 5) is 29.2. The first kappa shape index (κ1) is 20.8. The molecule has 0 aliphatic carbocycles. The number of alkyl halides is 3. The van der Waals surface area contributed by atoms with Crippen LogP contribution in [0.5, 0.6) is 0 Å². The van der Waals surface area contributed by atoms with Crippen LogP contribution >= 0.6 is 11.6 Å². The Kier molecular flexibility index (Phi) is 6.84. The first-order valence-electron chi connectivity index (χ1n) is 8.00. The van der Waals surface area contributed by atoms with Crippen LogP contribution in [-0.4, -0.2) is 46.0 Å². The summed E-state index contributed by atoms with van der Waals surface area (Å²) in [6.07, 6.45) is -1.89. The van der Waals surface area contributed by atoms with Crippen LogP contribution < -0.4 is 5.32 Å². The molecule has 6 nitrogen and oxygen atoms in total. The number of carbonyl (C=O) groups is 2. The highest BCUT2D eigenvalue weighted by molar-refractivity contribution is 6.30. The van der Waals surface area contributed by atoms with Gasteiger partial charge in [0.25, 0.3) is 5.91 Å². The van der Waals surface area contributed by atoms with Gasteiger partial charge < -0.3 is 14.8 Å². The van der Waals surface area contributed by atoms with Gasteiger partial charge in [-0.3, -0.25) is 9.59 Å². The van der Waals surface area contributed by atoms with E-state index in [-0.39, 0.29) is 37.1 Å². The van der Waals surface area contributed by atoms with Gasteiger partial charge in [-0.15, -0.1) is 0 Å². The number of hydrogen-bond donors (Lipinski definition) is 1. The zero-order valence-corrected chi connectivity index (χ0v) is 15.2. The lowest BCUT2D eigenvalue weighted by molar-refractivity contribution is -0.141. The molecule has 0 saturated heterocycles. The van der Waals surface area contributed by atoms with Crippen LogP contribution in [0, 0.1) is 0 Å². The molecule has 2 rings (SSSR count). The number of carbonyl (C=O) groups excluding carboxylic acids is 2. The maximum atomic E-state index is 12.5. The molecule has 0 radical (unpaired) electrons. The molecule has 0 aliphatic rings. The zero-order valence-electron chi connectivity index (χ0n) is 14.5. The van der Waals surface area contributed by atoms with E-state index in [1.807, 2.05) is 0 Å². The van der Waals surface area contributed by atoms with Crippen molar-refractivity contribution in [1.29, 1.82) is 0 Å². The van der Waals surface area contributed by atoms with E-state index in [0.717, 1.165) is 4.57 Å². The van der Waals surface area contributed by atoms with Crippen LogP contribution in [0.1, 0.15) is 22.6 Å². The normalized spacial score (nSPS) is 11.3. The Labute approximate surface area is 158 Å². The van der Waals surface area contributed by atoms with Gasteiger partial charge in [-0.25, -0.2) is 4.98 Å². The summed E-state index contributed by atoms with van der Waals surface area (Å²) in [6, 6.07) is 6.29. The smallest absolute Gasteiger partial charge is 0.352 e. The third kappa shape index (κ3) is 6.59. The van der Waals surface area contributed by atoms with Crippen LogP contribution in [0.2, 0.25) is 5.02 Å². The van der Waals surface area contributed by atoms with E-state index in [1.54, 1.807) is 24.3 Å². The van der Waals surface area contributed by atoms with Crippen molar-refractivity contribution in [2.24, 2.45) is 0 Å². The van der Waals surface area contributed by atoms with Crippen molar-refractivity contribution < 1.29 is 22.8 Å². The second kappa shape index (κ2) is 8.90. The first-order valence-corrected chi connectivity index (χ1v) is 8.38. The molecule has 1 heterocycles. The Bertz CT molecular complexity index is 790. The van der Waals surface area contributed by atoms with E-state index in [2.05, 4.69) is 10.3 Å². The molecule has 0 saturated carbocycles. The van der Waals surface area contributed by atoms with Crippen LogP contribution in [0.25, 0.3) is 0 Å². The Balaban J connectivity index is 1.81. The SMILES string of the molecule is CN(Cc1nccn1CC(F)(F)F)C(=O)CCNC(=O)c1ccc(Cl)cc1. The van der Waals surface area contributed by atoms with Gasteiger partial charge in [0.1, 0.15) is 12.4 Å². The summed E-state index contributed by atoms with van der Waals surface area (Å²) in [5.74, 6) is -0.538. The summed E-state index contributed by atoms with van der Waals surface area (Å²) in [5.41, 5.74) is 0.411. The molecule has 0 aliphatic heterocycles. The molecule has 1 N–H and O–H groups in total. The molecular weight excluding hydrogens is 385 g/mol. The summed E-state index contributed by atoms with van der Waals surface area (Å²) < 4.78 is 38.5. The number of amides is 2. The predicted molar refractivity (Wildman–Crippen MR) is 93.2 cm³/mol. The number of hydrogen-bond acceptors (Lipinski definition) is 3. The highest BCUT2D eigenvalue weighted by Crippen LogP contribution is 2.18. The third-order valence-electron chi connectivity index (χ3n) is 3.69. The summed E-state index contributed by atoms with van der Waals surface area (Å²) in [5, 5.41) is 3.11.